The number of nitro groups is 1. The quantitative estimate of drug-likeness (QED) is 0.105. The molecule has 1 heterocycles. The topological polar surface area (TPSA) is 97.6 Å². The van der Waals surface area contributed by atoms with Crippen LogP contribution in [-0.4, -0.2) is 22.5 Å². The number of hydrogen-bond acceptors (Lipinski definition) is 5. The largest absolute Gasteiger partial charge is 0.297 e. The van der Waals surface area contributed by atoms with Gasteiger partial charge in [-0.15, -0.1) is 0 Å². The van der Waals surface area contributed by atoms with Crippen LogP contribution >= 0.6 is 15.9 Å². The Balaban J connectivity index is 1.52. The molecular weight excluding hydrogens is 656 g/mol. The van der Waals surface area contributed by atoms with Gasteiger partial charge in [-0.3, -0.25) is 24.5 Å². The van der Waals surface area contributed by atoms with Gasteiger partial charge >= 0.3 is 0 Å². The summed E-state index contributed by atoms with van der Waals surface area (Å²) < 4.78 is 0.231. The fourth-order valence-electron chi connectivity index (χ4n) is 8.36. The van der Waals surface area contributed by atoms with Crippen LogP contribution in [0, 0.1) is 22.0 Å². The fourth-order valence-corrected chi connectivity index (χ4v) is 8.91. The number of carbonyl (C=O) groups is 3. The van der Waals surface area contributed by atoms with Gasteiger partial charge in [0.05, 0.1) is 33.3 Å². The molecule has 2 amide bonds. The summed E-state index contributed by atoms with van der Waals surface area (Å²) in [5.74, 6) is -3.43. The van der Waals surface area contributed by atoms with Gasteiger partial charge in [0.25, 0.3) is 5.69 Å². The molecule has 8 rings (SSSR count). The first-order chi connectivity index (χ1) is 22.8. The summed E-state index contributed by atoms with van der Waals surface area (Å²) >= 11 is 3.40. The van der Waals surface area contributed by atoms with E-state index in [9.17, 15) is 10.1 Å². The van der Waals surface area contributed by atoms with Gasteiger partial charge in [0, 0.05) is 16.6 Å². The second-order valence-electron chi connectivity index (χ2n) is 12.0. The molecule has 2 aliphatic carbocycles. The van der Waals surface area contributed by atoms with Crippen molar-refractivity contribution >= 4 is 56.0 Å². The highest BCUT2D eigenvalue weighted by Crippen LogP contribution is 2.74. The minimum Gasteiger partial charge on any atom is -0.297 e. The van der Waals surface area contributed by atoms with Crippen molar-refractivity contribution < 1.29 is 19.3 Å². The smallest absolute Gasteiger partial charge is 0.270 e. The van der Waals surface area contributed by atoms with E-state index in [2.05, 4.69) is 15.9 Å². The van der Waals surface area contributed by atoms with Crippen LogP contribution in [0.5, 0.6) is 0 Å². The van der Waals surface area contributed by atoms with Crippen LogP contribution in [0.2, 0.25) is 0 Å². The predicted molar refractivity (Wildman–Crippen MR) is 181 cm³/mol. The number of ketones is 1. The normalized spacial score (nSPS) is 24.6. The summed E-state index contributed by atoms with van der Waals surface area (Å²) in [7, 11) is 0. The highest BCUT2D eigenvalue weighted by Gasteiger charge is 2.82. The molecule has 47 heavy (non-hydrogen) atoms. The second-order valence-corrected chi connectivity index (χ2v) is 12.9. The summed E-state index contributed by atoms with van der Waals surface area (Å²) in [6.45, 7) is 0. The molecule has 1 saturated heterocycles. The molecule has 0 unspecified atom stereocenters. The third-order valence-electron chi connectivity index (χ3n) is 9.96. The number of fused-ring (bicyclic) bond motifs is 5. The molecule has 5 aromatic carbocycles. The molecule has 0 aromatic heterocycles. The SMILES string of the molecule is O=C1[C@@H]2[C@H](C(=O)N1c1ccc([N+](=O)[O-])cc1Br)[C@@]1(c3ccccc3)C(=O)[C@@]2(c2ccccc2)C(c2ccccc2)=C1c1ccccc1. The number of allylic oxidation sites excluding steroid dienone is 2. The van der Waals surface area contributed by atoms with Gasteiger partial charge in [-0.05, 0) is 55.4 Å². The molecule has 0 radical (unpaired) electrons. The third kappa shape index (κ3) is 3.70. The maximum Gasteiger partial charge on any atom is 0.270 e. The number of nitro benzene ring substituents is 1. The first-order valence-corrected chi connectivity index (χ1v) is 16.0. The average Bonchev–Trinajstić information content (AvgIpc) is 3.62. The molecule has 2 fully saturated rings. The van der Waals surface area contributed by atoms with Gasteiger partial charge in [-0.2, -0.15) is 0 Å². The zero-order chi connectivity index (χ0) is 32.5. The van der Waals surface area contributed by atoms with Crippen LogP contribution in [-0.2, 0) is 25.2 Å². The van der Waals surface area contributed by atoms with E-state index in [-0.39, 0.29) is 21.6 Å². The molecule has 1 saturated carbocycles. The van der Waals surface area contributed by atoms with Crippen LogP contribution in [0.15, 0.2) is 144 Å². The number of carbonyl (C=O) groups excluding carboxylic acids is 3. The summed E-state index contributed by atoms with van der Waals surface area (Å²) in [5.41, 5.74) is 1.21. The lowest BCUT2D eigenvalue weighted by atomic mass is 9.59. The van der Waals surface area contributed by atoms with Gasteiger partial charge in [0.15, 0.2) is 5.78 Å². The maximum absolute atomic E-state index is 15.9. The minimum absolute atomic E-state index is 0.184. The molecule has 1 aliphatic heterocycles. The summed E-state index contributed by atoms with van der Waals surface area (Å²) in [6, 6.07) is 41.9. The van der Waals surface area contributed by atoms with Crippen molar-refractivity contribution in [2.75, 3.05) is 4.90 Å². The Kier molecular flexibility index (Phi) is 6.49. The molecule has 0 N–H and O–H groups in total. The maximum atomic E-state index is 15.9. The molecule has 228 valence electrons. The number of amides is 2. The van der Waals surface area contributed by atoms with Crippen LogP contribution in [0.3, 0.4) is 0 Å². The van der Waals surface area contributed by atoms with Gasteiger partial charge in [-0.1, -0.05) is 121 Å². The number of benzene rings is 5. The van der Waals surface area contributed by atoms with Crippen LogP contribution in [0.25, 0.3) is 11.1 Å². The Hall–Kier alpha value is -5.47. The molecule has 2 bridgehead atoms. The number of non-ortho nitro benzene ring substituents is 1. The Morgan fingerprint density at radius 3 is 1.38 bits per heavy atom. The number of Topliss-reactive ketones (excluding diaryl/α,β-unsaturated/α-hetero) is 1. The van der Waals surface area contributed by atoms with Crippen molar-refractivity contribution in [3.8, 4) is 0 Å². The first kappa shape index (κ1) is 29.0. The predicted octanol–water partition coefficient (Wildman–Crippen LogP) is 7.55. The van der Waals surface area contributed by atoms with E-state index < -0.39 is 39.4 Å². The van der Waals surface area contributed by atoms with Crippen molar-refractivity contribution in [2.45, 2.75) is 10.8 Å². The zero-order valence-corrected chi connectivity index (χ0v) is 26.3. The van der Waals surface area contributed by atoms with Crippen LogP contribution in [0.1, 0.15) is 22.3 Å². The van der Waals surface area contributed by atoms with E-state index in [4.69, 9.17) is 0 Å². The Bertz CT molecular complexity index is 2030. The van der Waals surface area contributed by atoms with Crippen molar-refractivity contribution in [3.05, 3.63) is 176 Å². The number of nitrogens with zero attached hydrogens (tertiary/aromatic N) is 2. The van der Waals surface area contributed by atoms with E-state index in [0.717, 1.165) is 16.0 Å². The number of hydrogen-bond donors (Lipinski definition) is 0. The summed E-state index contributed by atoms with van der Waals surface area (Å²) in [5, 5.41) is 11.5. The fraction of sp³-hybridized carbons (Fsp3) is 0.103. The van der Waals surface area contributed by atoms with Crippen molar-refractivity contribution in [2.24, 2.45) is 11.8 Å². The number of anilines is 1. The lowest BCUT2D eigenvalue weighted by Gasteiger charge is -2.39. The molecule has 0 spiro atoms. The second kappa shape index (κ2) is 10.5. The molecular formula is C39H25BrN2O5. The Morgan fingerprint density at radius 1 is 0.596 bits per heavy atom. The summed E-state index contributed by atoms with van der Waals surface area (Å²) in [6.07, 6.45) is 0. The Labute approximate surface area is 278 Å². The van der Waals surface area contributed by atoms with Crippen LogP contribution < -0.4 is 4.90 Å². The van der Waals surface area contributed by atoms with E-state index >= 15 is 14.4 Å². The molecule has 8 heteroatoms. The number of imide groups is 1. The van der Waals surface area contributed by atoms with Gasteiger partial charge in [0.1, 0.15) is 0 Å². The zero-order valence-electron chi connectivity index (χ0n) is 24.7. The number of halogens is 1. The van der Waals surface area contributed by atoms with Gasteiger partial charge < -0.3 is 0 Å². The van der Waals surface area contributed by atoms with E-state index in [0.29, 0.717) is 22.3 Å². The first-order valence-electron chi connectivity index (χ1n) is 15.2. The highest BCUT2D eigenvalue weighted by molar-refractivity contribution is 9.10. The van der Waals surface area contributed by atoms with Crippen molar-refractivity contribution in [1.82, 2.24) is 0 Å². The van der Waals surface area contributed by atoms with Crippen molar-refractivity contribution in [3.63, 3.8) is 0 Å². The minimum atomic E-state index is -1.52. The van der Waals surface area contributed by atoms with E-state index in [1.807, 2.05) is 121 Å². The van der Waals surface area contributed by atoms with E-state index in [1.165, 1.54) is 18.2 Å². The molecule has 4 atom stereocenters. The average molecular weight is 682 g/mol. The lowest BCUT2D eigenvalue weighted by molar-refractivity contribution is -0.384. The highest BCUT2D eigenvalue weighted by atomic mass is 79.9. The monoisotopic (exact) mass is 680 g/mol. The standard InChI is InChI=1S/C39H25BrN2O5/c40-29-23-28(42(46)47)21-22-30(29)41-35(43)33-34(36(41)44)39(27-19-11-4-12-20-27)32(25-15-7-2-8-16-25)31(24-13-5-1-6-14-24)38(33,37(39)45)26-17-9-3-10-18-26/h1-23,33-34H/t33-,34+,38-,39-/m0/s1. The van der Waals surface area contributed by atoms with E-state index in [1.54, 1.807) is 0 Å². The molecule has 7 nitrogen and oxygen atoms in total. The van der Waals surface area contributed by atoms with Crippen molar-refractivity contribution in [1.29, 1.82) is 0 Å². The van der Waals surface area contributed by atoms with Crippen LogP contribution in [0.4, 0.5) is 11.4 Å². The van der Waals surface area contributed by atoms with Gasteiger partial charge in [-0.25, -0.2) is 4.90 Å². The third-order valence-corrected chi connectivity index (χ3v) is 10.6. The molecule has 5 aromatic rings. The molecule has 3 aliphatic rings. The van der Waals surface area contributed by atoms with Gasteiger partial charge in [0.2, 0.25) is 11.8 Å². The Morgan fingerprint density at radius 2 is 1.00 bits per heavy atom. The lowest BCUT2D eigenvalue weighted by Crippen LogP contribution is -2.45. The number of rotatable bonds is 6. The summed E-state index contributed by atoms with van der Waals surface area (Å²) in [4.78, 5) is 58.1.